The minimum absolute atomic E-state index is 0.0587. The molecule has 2 heterocycles. The van der Waals surface area contributed by atoms with E-state index >= 15 is 0 Å². The highest BCUT2D eigenvalue weighted by molar-refractivity contribution is 7.91. The Balaban J connectivity index is 2.02. The molecular formula is C10H12N2O3S3. The molecule has 0 saturated heterocycles. The zero-order chi connectivity index (χ0) is 13.2. The second kappa shape index (κ2) is 5.37. The molecule has 4 N–H and O–H groups in total. The van der Waals surface area contributed by atoms with E-state index in [1.807, 2.05) is 5.38 Å². The molecule has 0 aromatic carbocycles. The van der Waals surface area contributed by atoms with E-state index in [-0.39, 0.29) is 10.8 Å². The summed E-state index contributed by atoms with van der Waals surface area (Å²) < 4.78 is 26.2. The molecule has 0 bridgehead atoms. The van der Waals surface area contributed by atoms with Crippen molar-refractivity contribution in [3.8, 4) is 0 Å². The van der Waals surface area contributed by atoms with E-state index in [2.05, 4.69) is 4.72 Å². The molecular weight excluding hydrogens is 292 g/mol. The maximum absolute atomic E-state index is 11.9. The lowest BCUT2D eigenvalue weighted by molar-refractivity contribution is 0.182. The normalized spacial score (nSPS) is 13.6. The minimum atomic E-state index is -3.59. The second-order valence-electron chi connectivity index (χ2n) is 3.62. The molecule has 0 aliphatic carbocycles. The van der Waals surface area contributed by atoms with Crippen LogP contribution in [0.3, 0.4) is 0 Å². The highest BCUT2D eigenvalue weighted by atomic mass is 32.2. The molecule has 8 heteroatoms. The lowest BCUT2D eigenvalue weighted by Crippen LogP contribution is -2.27. The van der Waals surface area contributed by atoms with Crippen LogP contribution in [-0.2, 0) is 10.0 Å². The van der Waals surface area contributed by atoms with Crippen molar-refractivity contribution in [3.63, 3.8) is 0 Å². The molecule has 0 fully saturated rings. The molecule has 0 saturated carbocycles. The Bertz CT molecular complexity index is 604. The fourth-order valence-corrected chi connectivity index (χ4v) is 4.18. The number of rotatable bonds is 5. The third kappa shape index (κ3) is 3.09. The molecule has 2 aromatic rings. The zero-order valence-electron chi connectivity index (χ0n) is 9.24. The molecule has 18 heavy (non-hydrogen) atoms. The Kier molecular flexibility index (Phi) is 4.03. The summed E-state index contributed by atoms with van der Waals surface area (Å²) in [5, 5.41) is 14.9. The smallest absolute Gasteiger partial charge is 0.250 e. The molecule has 5 nitrogen and oxygen atoms in total. The van der Waals surface area contributed by atoms with Crippen LogP contribution in [0.2, 0.25) is 0 Å². The van der Waals surface area contributed by atoms with E-state index in [9.17, 15) is 13.5 Å². The van der Waals surface area contributed by atoms with E-state index in [4.69, 9.17) is 5.73 Å². The van der Waals surface area contributed by atoms with Crippen molar-refractivity contribution in [2.75, 3.05) is 12.3 Å². The minimum Gasteiger partial charge on any atom is -0.398 e. The van der Waals surface area contributed by atoms with Crippen LogP contribution in [0, 0.1) is 0 Å². The molecule has 1 atom stereocenters. The summed E-state index contributed by atoms with van der Waals surface area (Å²) >= 11 is 2.50. The number of sulfonamides is 1. The lowest BCUT2D eigenvalue weighted by atomic mass is 10.2. The average molecular weight is 304 g/mol. The number of aliphatic hydroxyl groups is 1. The number of anilines is 1. The molecule has 0 aliphatic heterocycles. The van der Waals surface area contributed by atoms with Crippen molar-refractivity contribution in [2.45, 2.75) is 10.3 Å². The first kappa shape index (κ1) is 13.5. The molecule has 0 aliphatic rings. The number of hydrogen-bond donors (Lipinski definition) is 3. The fourth-order valence-electron chi connectivity index (χ4n) is 1.31. The van der Waals surface area contributed by atoms with Gasteiger partial charge in [0.25, 0.3) is 0 Å². The van der Waals surface area contributed by atoms with Gasteiger partial charge in [-0.25, -0.2) is 13.1 Å². The van der Waals surface area contributed by atoms with Crippen molar-refractivity contribution < 1.29 is 13.5 Å². The maximum Gasteiger partial charge on any atom is 0.250 e. The maximum atomic E-state index is 11.9. The van der Waals surface area contributed by atoms with Crippen LogP contribution in [-0.4, -0.2) is 20.1 Å². The van der Waals surface area contributed by atoms with Gasteiger partial charge in [0.15, 0.2) is 0 Å². The van der Waals surface area contributed by atoms with E-state index in [0.29, 0.717) is 11.3 Å². The molecule has 98 valence electrons. The van der Waals surface area contributed by atoms with Gasteiger partial charge in [-0.3, -0.25) is 0 Å². The highest BCUT2D eigenvalue weighted by Gasteiger charge is 2.18. The first-order chi connectivity index (χ1) is 8.49. The summed E-state index contributed by atoms with van der Waals surface area (Å²) in [5.41, 5.74) is 6.60. The van der Waals surface area contributed by atoms with Gasteiger partial charge in [-0.15, -0.1) is 11.3 Å². The van der Waals surface area contributed by atoms with Gasteiger partial charge < -0.3 is 10.8 Å². The summed E-state index contributed by atoms with van der Waals surface area (Å²) in [6, 6.07) is 3.15. The number of hydrogen-bond acceptors (Lipinski definition) is 6. The third-order valence-electron chi connectivity index (χ3n) is 2.26. The van der Waals surface area contributed by atoms with Crippen molar-refractivity contribution in [1.29, 1.82) is 0 Å². The highest BCUT2D eigenvalue weighted by Crippen LogP contribution is 2.22. The van der Waals surface area contributed by atoms with Crippen molar-refractivity contribution in [3.05, 3.63) is 33.8 Å². The summed E-state index contributed by atoms with van der Waals surface area (Å²) in [7, 11) is -3.59. The number of nitrogens with two attached hydrogens (primary N) is 1. The largest absolute Gasteiger partial charge is 0.398 e. The Labute approximate surface area is 113 Å². The van der Waals surface area contributed by atoms with Crippen LogP contribution >= 0.6 is 22.7 Å². The lowest BCUT2D eigenvalue weighted by Gasteiger charge is -2.09. The van der Waals surface area contributed by atoms with Crippen LogP contribution in [0.25, 0.3) is 0 Å². The van der Waals surface area contributed by atoms with Gasteiger partial charge in [-0.2, -0.15) is 11.3 Å². The van der Waals surface area contributed by atoms with E-state index in [1.54, 1.807) is 16.8 Å². The zero-order valence-corrected chi connectivity index (χ0v) is 11.7. The third-order valence-corrected chi connectivity index (χ3v) is 5.84. The van der Waals surface area contributed by atoms with Gasteiger partial charge in [-0.05, 0) is 28.5 Å². The van der Waals surface area contributed by atoms with Gasteiger partial charge in [0, 0.05) is 17.6 Å². The monoisotopic (exact) mass is 304 g/mol. The molecule has 2 aromatic heterocycles. The van der Waals surface area contributed by atoms with Gasteiger partial charge in [0.1, 0.15) is 4.21 Å². The number of thiophene rings is 2. The molecule has 0 amide bonds. The Morgan fingerprint density at radius 3 is 2.78 bits per heavy atom. The van der Waals surface area contributed by atoms with Crippen molar-refractivity contribution in [1.82, 2.24) is 4.72 Å². The Hall–Kier alpha value is -0.930. The standard InChI is InChI=1S/C10H12N2O3S3/c11-8-3-10(17-6-8)18(14,15)12-4-9(13)7-1-2-16-5-7/h1-3,5-6,9,12-13H,4,11H2. The van der Waals surface area contributed by atoms with Crippen LogP contribution in [0.4, 0.5) is 5.69 Å². The van der Waals surface area contributed by atoms with Crippen molar-refractivity contribution >= 4 is 38.4 Å². The SMILES string of the molecule is Nc1csc(S(=O)(=O)NCC(O)c2ccsc2)c1. The topological polar surface area (TPSA) is 92.4 Å². The predicted molar refractivity (Wildman–Crippen MR) is 73.2 cm³/mol. The van der Waals surface area contributed by atoms with E-state index in [1.165, 1.54) is 17.4 Å². The molecule has 0 radical (unpaired) electrons. The average Bonchev–Trinajstić information content (AvgIpc) is 2.96. The van der Waals surface area contributed by atoms with Gasteiger partial charge in [-0.1, -0.05) is 0 Å². The van der Waals surface area contributed by atoms with E-state index < -0.39 is 16.1 Å². The Morgan fingerprint density at radius 2 is 2.22 bits per heavy atom. The number of nitrogens with one attached hydrogen (secondary N) is 1. The van der Waals surface area contributed by atoms with Crippen LogP contribution < -0.4 is 10.5 Å². The van der Waals surface area contributed by atoms with Gasteiger partial charge >= 0.3 is 0 Å². The van der Waals surface area contributed by atoms with Crippen LogP contribution in [0.1, 0.15) is 11.7 Å². The second-order valence-corrected chi connectivity index (χ2v) is 7.31. The first-order valence-electron chi connectivity index (χ1n) is 5.03. The predicted octanol–water partition coefficient (Wildman–Crippen LogP) is 1.40. The van der Waals surface area contributed by atoms with Crippen LogP contribution in [0.15, 0.2) is 32.5 Å². The number of nitrogen functional groups attached to an aromatic ring is 1. The summed E-state index contributed by atoms with van der Waals surface area (Å²) in [4.78, 5) is 0. The quantitative estimate of drug-likeness (QED) is 0.778. The summed E-state index contributed by atoms with van der Waals surface area (Å²) in [6.45, 7) is -0.0587. The number of aliphatic hydroxyl groups excluding tert-OH is 1. The Morgan fingerprint density at radius 1 is 1.44 bits per heavy atom. The summed E-state index contributed by atoms with van der Waals surface area (Å²) in [6.07, 6.45) is -0.844. The fraction of sp³-hybridized carbons (Fsp3) is 0.200. The van der Waals surface area contributed by atoms with Gasteiger partial charge in [0.05, 0.1) is 6.10 Å². The van der Waals surface area contributed by atoms with Crippen LogP contribution in [0.5, 0.6) is 0 Å². The molecule has 0 spiro atoms. The molecule has 1 unspecified atom stereocenters. The van der Waals surface area contributed by atoms with Crippen molar-refractivity contribution in [2.24, 2.45) is 0 Å². The van der Waals surface area contributed by atoms with Gasteiger partial charge in [0.2, 0.25) is 10.0 Å². The first-order valence-corrected chi connectivity index (χ1v) is 8.33. The molecule has 2 rings (SSSR count). The van der Waals surface area contributed by atoms with E-state index in [0.717, 1.165) is 11.3 Å². The summed E-state index contributed by atoms with van der Waals surface area (Å²) in [5.74, 6) is 0.